The van der Waals surface area contributed by atoms with Crippen molar-refractivity contribution in [2.24, 2.45) is 0 Å². The van der Waals surface area contributed by atoms with E-state index in [1.807, 2.05) is 55.1 Å². The van der Waals surface area contributed by atoms with Gasteiger partial charge in [0.25, 0.3) is 0 Å². The Bertz CT molecular complexity index is 759. The molecule has 2 heterocycles. The molecule has 0 amide bonds. The van der Waals surface area contributed by atoms with Crippen LogP contribution in [0.5, 0.6) is 0 Å². The van der Waals surface area contributed by atoms with Gasteiger partial charge in [0.05, 0.1) is 0 Å². The number of hydrogen-bond donors (Lipinski definition) is 1. The highest BCUT2D eigenvalue weighted by molar-refractivity contribution is 5.28. The average molecular weight is 333 g/mol. The highest BCUT2D eigenvalue weighted by Gasteiger charge is 2.12. The van der Waals surface area contributed by atoms with Gasteiger partial charge in [-0.25, -0.2) is 9.97 Å². The topological polar surface area (TPSA) is 53.9 Å². The number of benzene rings is 1. The Kier molecular flexibility index (Phi) is 5.69. The van der Waals surface area contributed by atoms with Gasteiger partial charge in [-0.2, -0.15) is 0 Å². The zero-order chi connectivity index (χ0) is 17.5. The highest BCUT2D eigenvalue weighted by atomic mass is 15.1. The highest BCUT2D eigenvalue weighted by Crippen LogP contribution is 2.19. The Morgan fingerprint density at radius 2 is 1.64 bits per heavy atom. The molecule has 0 radical (unpaired) electrons. The molecule has 3 aromatic rings. The summed E-state index contributed by atoms with van der Waals surface area (Å²) in [4.78, 5) is 15.2. The van der Waals surface area contributed by atoms with E-state index in [-0.39, 0.29) is 0 Å². The molecule has 1 aromatic carbocycles. The minimum atomic E-state index is 0.305. The molecule has 0 aliphatic heterocycles. The third kappa shape index (κ3) is 4.84. The first-order valence-electron chi connectivity index (χ1n) is 8.41. The minimum absolute atomic E-state index is 0.305. The van der Waals surface area contributed by atoms with Crippen molar-refractivity contribution in [3.8, 4) is 0 Å². The molecule has 0 saturated carbocycles. The van der Waals surface area contributed by atoms with E-state index in [9.17, 15) is 0 Å². The normalized spacial score (nSPS) is 12.1. The van der Waals surface area contributed by atoms with Crippen LogP contribution in [0.25, 0.3) is 0 Å². The number of anilines is 1. The van der Waals surface area contributed by atoms with Gasteiger partial charge < -0.3 is 5.32 Å². The van der Waals surface area contributed by atoms with Crippen molar-refractivity contribution < 1.29 is 0 Å². The van der Waals surface area contributed by atoms with Crippen LogP contribution in [-0.2, 0) is 13.1 Å². The molecule has 25 heavy (non-hydrogen) atoms. The van der Waals surface area contributed by atoms with Gasteiger partial charge in [0, 0.05) is 49.5 Å². The Morgan fingerprint density at radius 1 is 0.960 bits per heavy atom. The smallest absolute Gasteiger partial charge is 0.222 e. The third-order valence-electron chi connectivity index (χ3n) is 4.28. The molecule has 0 bridgehead atoms. The third-order valence-corrected chi connectivity index (χ3v) is 4.28. The van der Waals surface area contributed by atoms with E-state index >= 15 is 0 Å². The first-order chi connectivity index (χ1) is 12.2. The van der Waals surface area contributed by atoms with Gasteiger partial charge in [-0.05, 0) is 37.2 Å². The maximum Gasteiger partial charge on any atom is 0.222 e. The summed E-state index contributed by atoms with van der Waals surface area (Å²) in [6.07, 6.45) is 7.43. The minimum Gasteiger partial charge on any atom is -0.350 e. The van der Waals surface area contributed by atoms with Gasteiger partial charge >= 0.3 is 0 Å². The predicted octanol–water partition coefficient (Wildman–Crippen LogP) is 3.68. The molecule has 0 spiro atoms. The zero-order valence-electron chi connectivity index (χ0n) is 14.6. The van der Waals surface area contributed by atoms with Crippen LogP contribution in [-0.4, -0.2) is 26.9 Å². The number of nitrogens with one attached hydrogen (secondary N) is 1. The summed E-state index contributed by atoms with van der Waals surface area (Å²) in [6.45, 7) is 3.70. The summed E-state index contributed by atoms with van der Waals surface area (Å²) in [5, 5.41) is 3.25. The van der Waals surface area contributed by atoms with Gasteiger partial charge in [0.2, 0.25) is 5.95 Å². The lowest BCUT2D eigenvalue weighted by Crippen LogP contribution is -2.22. The molecule has 2 aromatic heterocycles. The van der Waals surface area contributed by atoms with Crippen LogP contribution in [0, 0.1) is 0 Å². The van der Waals surface area contributed by atoms with E-state index in [4.69, 9.17) is 0 Å². The van der Waals surface area contributed by atoms with Crippen LogP contribution < -0.4 is 5.32 Å². The molecular weight excluding hydrogens is 310 g/mol. The van der Waals surface area contributed by atoms with E-state index in [1.165, 1.54) is 11.1 Å². The molecule has 0 aliphatic carbocycles. The lowest BCUT2D eigenvalue weighted by atomic mass is 10.1. The monoisotopic (exact) mass is 333 g/mol. The predicted molar refractivity (Wildman–Crippen MR) is 99.9 cm³/mol. The van der Waals surface area contributed by atoms with Gasteiger partial charge in [-0.15, -0.1) is 0 Å². The quantitative estimate of drug-likeness (QED) is 0.715. The van der Waals surface area contributed by atoms with Crippen molar-refractivity contribution in [3.63, 3.8) is 0 Å². The summed E-state index contributed by atoms with van der Waals surface area (Å²) in [7, 11) is 2.10. The fourth-order valence-electron chi connectivity index (χ4n) is 2.63. The van der Waals surface area contributed by atoms with Crippen molar-refractivity contribution >= 4 is 5.95 Å². The summed E-state index contributed by atoms with van der Waals surface area (Å²) in [5.41, 5.74) is 3.55. The van der Waals surface area contributed by atoms with E-state index in [0.717, 1.165) is 18.7 Å². The molecular formula is C20H23N5. The molecule has 0 fully saturated rings. The van der Waals surface area contributed by atoms with Crippen molar-refractivity contribution in [2.45, 2.75) is 26.1 Å². The molecule has 128 valence electrons. The first-order valence-corrected chi connectivity index (χ1v) is 8.41. The van der Waals surface area contributed by atoms with E-state index in [1.54, 1.807) is 0 Å². The van der Waals surface area contributed by atoms with E-state index in [0.29, 0.717) is 12.0 Å². The van der Waals surface area contributed by atoms with Gasteiger partial charge in [-0.3, -0.25) is 9.88 Å². The van der Waals surface area contributed by atoms with Gasteiger partial charge in [-0.1, -0.05) is 30.3 Å². The summed E-state index contributed by atoms with van der Waals surface area (Å²) >= 11 is 0. The summed E-state index contributed by atoms with van der Waals surface area (Å²) in [5.74, 6) is 0.650. The Labute approximate surface area is 148 Å². The number of hydrogen-bond acceptors (Lipinski definition) is 5. The SMILES string of the molecule is CC(c1ccncc1)N(C)Cc1cnc(NCc2ccccc2)nc1. The number of aromatic nitrogens is 3. The lowest BCUT2D eigenvalue weighted by Gasteiger charge is -2.24. The molecule has 1 atom stereocenters. The van der Waals surface area contributed by atoms with Crippen LogP contribution in [0.4, 0.5) is 5.95 Å². The molecule has 5 heteroatoms. The van der Waals surface area contributed by atoms with Crippen molar-refractivity contribution in [1.29, 1.82) is 0 Å². The number of pyridine rings is 1. The standard InChI is InChI=1S/C20H23N5/c1-16(19-8-10-21-11-9-19)25(2)15-18-13-23-20(24-14-18)22-12-17-6-4-3-5-7-17/h3-11,13-14,16H,12,15H2,1-2H3,(H,22,23,24). The summed E-state index contributed by atoms with van der Waals surface area (Å²) < 4.78 is 0. The van der Waals surface area contributed by atoms with Crippen LogP contribution in [0.15, 0.2) is 67.3 Å². The molecule has 3 rings (SSSR count). The number of rotatable bonds is 7. The first kappa shape index (κ1) is 17.0. The Balaban J connectivity index is 1.55. The maximum absolute atomic E-state index is 4.42. The fraction of sp³-hybridized carbons (Fsp3) is 0.250. The van der Waals surface area contributed by atoms with Crippen molar-refractivity contribution in [2.75, 3.05) is 12.4 Å². The molecule has 1 unspecified atom stereocenters. The van der Waals surface area contributed by atoms with Crippen LogP contribution in [0.1, 0.15) is 29.7 Å². The van der Waals surface area contributed by atoms with Gasteiger partial charge in [0.1, 0.15) is 0 Å². The van der Waals surface area contributed by atoms with Crippen molar-refractivity contribution in [3.05, 3.63) is 83.9 Å². The maximum atomic E-state index is 4.42. The van der Waals surface area contributed by atoms with Crippen LogP contribution >= 0.6 is 0 Å². The van der Waals surface area contributed by atoms with Crippen molar-refractivity contribution in [1.82, 2.24) is 19.9 Å². The lowest BCUT2D eigenvalue weighted by molar-refractivity contribution is 0.252. The second-order valence-corrected chi connectivity index (χ2v) is 6.13. The second kappa shape index (κ2) is 8.35. The fourth-order valence-corrected chi connectivity index (χ4v) is 2.63. The van der Waals surface area contributed by atoms with Gasteiger partial charge in [0.15, 0.2) is 0 Å². The molecule has 0 aliphatic rings. The second-order valence-electron chi connectivity index (χ2n) is 6.13. The molecule has 0 saturated heterocycles. The Hall–Kier alpha value is -2.79. The zero-order valence-corrected chi connectivity index (χ0v) is 14.6. The van der Waals surface area contributed by atoms with E-state index in [2.05, 4.69) is 51.3 Å². The molecule has 1 N–H and O–H groups in total. The Morgan fingerprint density at radius 3 is 2.32 bits per heavy atom. The van der Waals surface area contributed by atoms with Crippen LogP contribution in [0.2, 0.25) is 0 Å². The molecule has 5 nitrogen and oxygen atoms in total. The van der Waals surface area contributed by atoms with Crippen LogP contribution in [0.3, 0.4) is 0 Å². The largest absolute Gasteiger partial charge is 0.350 e. The number of nitrogens with zero attached hydrogens (tertiary/aromatic N) is 4. The average Bonchev–Trinajstić information content (AvgIpc) is 2.68. The van der Waals surface area contributed by atoms with E-state index < -0.39 is 0 Å². The summed E-state index contributed by atoms with van der Waals surface area (Å²) in [6, 6.07) is 14.6.